The Bertz CT molecular complexity index is 643. The number of hydrogen-bond acceptors (Lipinski definition) is 3. The van der Waals surface area contributed by atoms with Crippen LogP contribution in [0.5, 0.6) is 0 Å². The molecule has 1 heterocycles. The lowest BCUT2D eigenvalue weighted by atomic mass is 10.2. The molecule has 1 amide bonds. The first-order valence-electron chi connectivity index (χ1n) is 6.63. The van der Waals surface area contributed by atoms with Crippen molar-refractivity contribution in [1.82, 2.24) is 0 Å². The van der Waals surface area contributed by atoms with Gasteiger partial charge in [0.25, 0.3) is 5.91 Å². The summed E-state index contributed by atoms with van der Waals surface area (Å²) in [4.78, 5) is 24.8. The van der Waals surface area contributed by atoms with E-state index in [0.29, 0.717) is 17.0 Å². The minimum Gasteiger partial charge on any atom is -0.481 e. The van der Waals surface area contributed by atoms with Gasteiger partial charge in [-0.2, -0.15) is 0 Å². The van der Waals surface area contributed by atoms with E-state index in [-0.39, 0.29) is 18.9 Å². The number of carboxylic acid groups (broad SMARTS) is 1. The second-order valence-corrected chi connectivity index (χ2v) is 4.88. The molecular formula is C16H17NO4. The molecule has 0 saturated heterocycles. The summed E-state index contributed by atoms with van der Waals surface area (Å²) in [6, 6.07) is 9.03. The van der Waals surface area contributed by atoms with Crippen molar-refractivity contribution in [3.63, 3.8) is 0 Å². The highest BCUT2D eigenvalue weighted by molar-refractivity contribution is 6.06. The van der Waals surface area contributed by atoms with Crippen molar-refractivity contribution >= 4 is 17.6 Å². The highest BCUT2D eigenvalue weighted by Gasteiger charge is 2.20. The SMILES string of the molecule is Cc1ccc(N(CCC(=O)O)C(=O)c2coc(C)c2)cc1. The molecule has 2 aromatic rings. The maximum Gasteiger partial charge on any atom is 0.305 e. The lowest BCUT2D eigenvalue weighted by molar-refractivity contribution is -0.136. The molecule has 1 N–H and O–H groups in total. The van der Waals surface area contributed by atoms with Crippen molar-refractivity contribution in [3.8, 4) is 0 Å². The van der Waals surface area contributed by atoms with Crippen molar-refractivity contribution in [2.24, 2.45) is 0 Å². The number of anilines is 1. The molecule has 0 aliphatic heterocycles. The van der Waals surface area contributed by atoms with E-state index in [1.165, 1.54) is 11.2 Å². The van der Waals surface area contributed by atoms with Gasteiger partial charge in [0.15, 0.2) is 0 Å². The largest absolute Gasteiger partial charge is 0.481 e. The van der Waals surface area contributed by atoms with Crippen LogP contribution in [0.4, 0.5) is 5.69 Å². The Labute approximate surface area is 122 Å². The number of aryl methyl sites for hydroxylation is 2. The number of amides is 1. The molecule has 5 nitrogen and oxygen atoms in total. The normalized spacial score (nSPS) is 10.4. The van der Waals surface area contributed by atoms with Gasteiger partial charge in [0.2, 0.25) is 0 Å². The van der Waals surface area contributed by atoms with Crippen molar-refractivity contribution < 1.29 is 19.1 Å². The molecule has 0 fully saturated rings. The van der Waals surface area contributed by atoms with Crippen LogP contribution in [0.3, 0.4) is 0 Å². The second-order valence-electron chi connectivity index (χ2n) is 4.88. The van der Waals surface area contributed by atoms with Crippen LogP contribution in [-0.4, -0.2) is 23.5 Å². The monoisotopic (exact) mass is 287 g/mol. The van der Waals surface area contributed by atoms with E-state index >= 15 is 0 Å². The summed E-state index contributed by atoms with van der Waals surface area (Å²) in [5, 5.41) is 8.85. The van der Waals surface area contributed by atoms with Crippen molar-refractivity contribution in [3.05, 3.63) is 53.5 Å². The third-order valence-corrected chi connectivity index (χ3v) is 3.12. The summed E-state index contributed by atoms with van der Waals surface area (Å²) in [5.41, 5.74) is 2.16. The molecule has 21 heavy (non-hydrogen) atoms. The highest BCUT2D eigenvalue weighted by Crippen LogP contribution is 2.19. The van der Waals surface area contributed by atoms with Crippen LogP contribution in [0.2, 0.25) is 0 Å². The number of hydrogen-bond donors (Lipinski definition) is 1. The molecule has 0 saturated carbocycles. The van der Waals surface area contributed by atoms with E-state index in [4.69, 9.17) is 9.52 Å². The van der Waals surface area contributed by atoms with Gasteiger partial charge in [-0.25, -0.2) is 0 Å². The summed E-state index contributed by atoms with van der Waals surface area (Å²) >= 11 is 0. The first kappa shape index (κ1) is 14.8. The molecule has 0 atom stereocenters. The maximum atomic E-state index is 12.5. The summed E-state index contributed by atoms with van der Waals surface area (Å²) in [6.45, 7) is 3.82. The van der Waals surface area contributed by atoms with Gasteiger partial charge in [0.05, 0.1) is 12.0 Å². The van der Waals surface area contributed by atoms with Crippen LogP contribution in [0.25, 0.3) is 0 Å². The Balaban J connectivity index is 2.28. The predicted octanol–water partition coefficient (Wildman–Crippen LogP) is 3.02. The quantitative estimate of drug-likeness (QED) is 0.917. The van der Waals surface area contributed by atoms with Gasteiger partial charge in [-0.05, 0) is 32.0 Å². The number of aliphatic carboxylic acids is 1. The number of carbonyl (C=O) groups is 2. The van der Waals surface area contributed by atoms with Gasteiger partial charge >= 0.3 is 5.97 Å². The Hall–Kier alpha value is -2.56. The smallest absolute Gasteiger partial charge is 0.305 e. The van der Waals surface area contributed by atoms with Crippen LogP contribution >= 0.6 is 0 Å². The molecule has 0 unspecified atom stereocenters. The highest BCUT2D eigenvalue weighted by atomic mass is 16.4. The first-order chi connectivity index (χ1) is 9.97. The molecule has 0 aliphatic carbocycles. The average molecular weight is 287 g/mol. The fourth-order valence-corrected chi connectivity index (χ4v) is 1.99. The molecule has 5 heteroatoms. The number of nitrogens with zero attached hydrogens (tertiary/aromatic N) is 1. The Morgan fingerprint density at radius 1 is 1.19 bits per heavy atom. The topological polar surface area (TPSA) is 70.8 Å². The Morgan fingerprint density at radius 3 is 2.38 bits per heavy atom. The van der Waals surface area contributed by atoms with Gasteiger partial charge < -0.3 is 14.4 Å². The fourth-order valence-electron chi connectivity index (χ4n) is 1.99. The van der Waals surface area contributed by atoms with E-state index in [9.17, 15) is 9.59 Å². The van der Waals surface area contributed by atoms with Gasteiger partial charge in [0, 0.05) is 12.2 Å². The average Bonchev–Trinajstić information content (AvgIpc) is 2.87. The molecule has 0 radical (unpaired) electrons. The summed E-state index contributed by atoms with van der Waals surface area (Å²) < 4.78 is 5.15. The zero-order chi connectivity index (χ0) is 15.4. The minimum atomic E-state index is -0.941. The van der Waals surface area contributed by atoms with E-state index in [0.717, 1.165) is 5.56 Å². The molecule has 0 spiro atoms. The standard InChI is InChI=1S/C16H17NO4/c1-11-3-5-14(6-4-11)17(8-7-15(18)19)16(20)13-9-12(2)21-10-13/h3-6,9-10H,7-8H2,1-2H3,(H,18,19). The summed E-state index contributed by atoms with van der Waals surface area (Å²) in [5.74, 6) is -0.569. The zero-order valence-electron chi connectivity index (χ0n) is 12.0. The number of benzene rings is 1. The van der Waals surface area contributed by atoms with Crippen LogP contribution in [0.15, 0.2) is 41.0 Å². The van der Waals surface area contributed by atoms with Crippen molar-refractivity contribution in [2.75, 3.05) is 11.4 Å². The number of carbonyl (C=O) groups excluding carboxylic acids is 1. The predicted molar refractivity (Wildman–Crippen MR) is 78.6 cm³/mol. The van der Waals surface area contributed by atoms with E-state index in [2.05, 4.69) is 0 Å². The van der Waals surface area contributed by atoms with Gasteiger partial charge in [-0.15, -0.1) is 0 Å². The number of carboxylic acids is 1. The second kappa shape index (κ2) is 6.26. The van der Waals surface area contributed by atoms with Gasteiger partial charge in [-0.3, -0.25) is 9.59 Å². The van der Waals surface area contributed by atoms with Crippen LogP contribution in [-0.2, 0) is 4.79 Å². The molecule has 0 aliphatic rings. The molecule has 1 aromatic heterocycles. The fraction of sp³-hybridized carbons (Fsp3) is 0.250. The van der Waals surface area contributed by atoms with Crippen LogP contribution < -0.4 is 4.90 Å². The summed E-state index contributed by atoms with van der Waals surface area (Å²) in [6.07, 6.45) is 1.27. The first-order valence-corrected chi connectivity index (χ1v) is 6.63. The summed E-state index contributed by atoms with van der Waals surface area (Å²) in [7, 11) is 0. The molecular weight excluding hydrogens is 270 g/mol. The van der Waals surface area contributed by atoms with Crippen molar-refractivity contribution in [2.45, 2.75) is 20.3 Å². The van der Waals surface area contributed by atoms with Gasteiger partial charge in [0.1, 0.15) is 12.0 Å². The molecule has 0 bridgehead atoms. The van der Waals surface area contributed by atoms with E-state index < -0.39 is 5.97 Å². The van der Waals surface area contributed by atoms with E-state index in [1.807, 2.05) is 31.2 Å². The lowest BCUT2D eigenvalue weighted by Gasteiger charge is -2.21. The third kappa shape index (κ3) is 3.72. The molecule has 2 rings (SSSR count). The number of furan rings is 1. The maximum absolute atomic E-state index is 12.5. The lowest BCUT2D eigenvalue weighted by Crippen LogP contribution is -2.32. The number of rotatable bonds is 5. The molecule has 110 valence electrons. The van der Waals surface area contributed by atoms with Crippen LogP contribution in [0, 0.1) is 13.8 Å². The zero-order valence-corrected chi connectivity index (χ0v) is 12.0. The van der Waals surface area contributed by atoms with E-state index in [1.54, 1.807) is 13.0 Å². The Morgan fingerprint density at radius 2 is 1.86 bits per heavy atom. The Kier molecular flexibility index (Phi) is 4.42. The van der Waals surface area contributed by atoms with Crippen molar-refractivity contribution in [1.29, 1.82) is 0 Å². The van der Waals surface area contributed by atoms with Crippen LogP contribution in [0.1, 0.15) is 28.1 Å². The molecule has 1 aromatic carbocycles. The minimum absolute atomic E-state index is 0.113. The third-order valence-electron chi connectivity index (χ3n) is 3.12. The van der Waals surface area contributed by atoms with Gasteiger partial charge in [-0.1, -0.05) is 17.7 Å².